The molecule has 0 bridgehead atoms. The van der Waals surface area contributed by atoms with E-state index >= 15 is 0 Å². The average Bonchev–Trinajstić information content (AvgIpc) is 2.77. The van der Waals surface area contributed by atoms with E-state index in [0.717, 1.165) is 15.9 Å². The predicted octanol–water partition coefficient (Wildman–Crippen LogP) is 2.26. The Kier molecular flexibility index (Phi) is 4.08. The molecule has 1 atom stereocenters. The van der Waals surface area contributed by atoms with Crippen molar-refractivity contribution in [1.82, 2.24) is 19.7 Å². The number of hydrogen-bond donors (Lipinski definition) is 1. The highest BCUT2D eigenvalue weighted by Crippen LogP contribution is 2.18. The van der Waals surface area contributed by atoms with Crippen molar-refractivity contribution < 1.29 is 0 Å². The SMILES string of the molecule is CC(C)n1ncnc1CC(N)c1cncc(Br)c1. The van der Waals surface area contributed by atoms with E-state index in [9.17, 15) is 0 Å². The highest BCUT2D eigenvalue weighted by molar-refractivity contribution is 9.10. The topological polar surface area (TPSA) is 69.6 Å². The molecule has 1 unspecified atom stereocenters. The number of pyridine rings is 1. The lowest BCUT2D eigenvalue weighted by Crippen LogP contribution is -2.18. The molecule has 5 nitrogen and oxygen atoms in total. The first kappa shape index (κ1) is 13.2. The van der Waals surface area contributed by atoms with E-state index in [2.05, 4.69) is 44.8 Å². The van der Waals surface area contributed by atoms with Gasteiger partial charge in [0.2, 0.25) is 0 Å². The van der Waals surface area contributed by atoms with E-state index < -0.39 is 0 Å². The first-order chi connectivity index (χ1) is 8.58. The van der Waals surface area contributed by atoms with Crippen LogP contribution in [-0.2, 0) is 6.42 Å². The van der Waals surface area contributed by atoms with Gasteiger partial charge >= 0.3 is 0 Å². The van der Waals surface area contributed by atoms with E-state index in [1.807, 2.05) is 10.7 Å². The maximum Gasteiger partial charge on any atom is 0.138 e. The van der Waals surface area contributed by atoms with Crippen LogP contribution < -0.4 is 5.73 Å². The zero-order valence-corrected chi connectivity index (χ0v) is 12.0. The molecular weight excluding hydrogens is 294 g/mol. The molecule has 6 heteroatoms. The molecule has 0 saturated heterocycles. The Bertz CT molecular complexity index is 523. The summed E-state index contributed by atoms with van der Waals surface area (Å²) >= 11 is 3.39. The van der Waals surface area contributed by atoms with E-state index in [1.165, 1.54) is 0 Å². The third-order valence-electron chi connectivity index (χ3n) is 2.69. The van der Waals surface area contributed by atoms with Gasteiger partial charge in [-0.2, -0.15) is 5.10 Å². The number of nitrogens with two attached hydrogens (primary N) is 1. The summed E-state index contributed by atoms with van der Waals surface area (Å²) in [5.74, 6) is 0.900. The highest BCUT2D eigenvalue weighted by Gasteiger charge is 2.14. The smallest absolute Gasteiger partial charge is 0.138 e. The van der Waals surface area contributed by atoms with Crippen molar-refractivity contribution in [1.29, 1.82) is 0 Å². The number of rotatable bonds is 4. The molecule has 2 aromatic heterocycles. The molecule has 0 radical (unpaired) electrons. The van der Waals surface area contributed by atoms with Crippen molar-refractivity contribution >= 4 is 15.9 Å². The fourth-order valence-corrected chi connectivity index (χ4v) is 2.18. The molecule has 0 saturated carbocycles. The van der Waals surface area contributed by atoms with Crippen LogP contribution in [-0.4, -0.2) is 19.7 Å². The molecule has 2 N–H and O–H groups in total. The summed E-state index contributed by atoms with van der Waals surface area (Å²) in [5, 5.41) is 4.21. The van der Waals surface area contributed by atoms with Gasteiger partial charge in [-0.1, -0.05) is 0 Å². The lowest BCUT2D eigenvalue weighted by Gasteiger charge is -2.14. The zero-order valence-electron chi connectivity index (χ0n) is 10.4. The van der Waals surface area contributed by atoms with Gasteiger partial charge in [0.15, 0.2) is 0 Å². The molecule has 2 aromatic rings. The average molecular weight is 310 g/mol. The molecule has 0 aliphatic rings. The van der Waals surface area contributed by atoms with Crippen molar-refractivity contribution in [2.45, 2.75) is 32.4 Å². The third kappa shape index (κ3) is 2.94. The first-order valence-corrected chi connectivity index (χ1v) is 6.61. The summed E-state index contributed by atoms with van der Waals surface area (Å²) < 4.78 is 2.83. The van der Waals surface area contributed by atoms with Gasteiger partial charge < -0.3 is 5.73 Å². The second kappa shape index (κ2) is 5.58. The number of nitrogens with zero attached hydrogens (tertiary/aromatic N) is 4. The van der Waals surface area contributed by atoms with Crippen molar-refractivity contribution in [3.05, 3.63) is 40.6 Å². The maximum atomic E-state index is 6.18. The number of hydrogen-bond acceptors (Lipinski definition) is 4. The fraction of sp³-hybridized carbons (Fsp3) is 0.417. The minimum absolute atomic E-state index is 0.128. The molecule has 0 aromatic carbocycles. The van der Waals surface area contributed by atoms with Crippen LogP contribution in [0.15, 0.2) is 29.3 Å². The summed E-state index contributed by atoms with van der Waals surface area (Å²) in [5.41, 5.74) is 7.17. The highest BCUT2D eigenvalue weighted by atomic mass is 79.9. The fourth-order valence-electron chi connectivity index (χ4n) is 1.80. The van der Waals surface area contributed by atoms with E-state index in [0.29, 0.717) is 6.42 Å². The second-order valence-electron chi connectivity index (χ2n) is 4.46. The van der Waals surface area contributed by atoms with Crippen molar-refractivity contribution in [3.63, 3.8) is 0 Å². The van der Waals surface area contributed by atoms with Gasteiger partial charge in [-0.3, -0.25) is 4.98 Å². The van der Waals surface area contributed by atoms with Gasteiger partial charge in [-0.25, -0.2) is 9.67 Å². The molecule has 0 amide bonds. The van der Waals surface area contributed by atoms with Crippen LogP contribution >= 0.6 is 15.9 Å². The van der Waals surface area contributed by atoms with Gasteiger partial charge in [0, 0.05) is 35.4 Å². The maximum absolute atomic E-state index is 6.18. The number of aromatic nitrogens is 4. The molecule has 0 spiro atoms. The van der Waals surface area contributed by atoms with Gasteiger partial charge in [-0.15, -0.1) is 0 Å². The summed E-state index contributed by atoms with van der Waals surface area (Å²) in [6, 6.07) is 2.14. The summed E-state index contributed by atoms with van der Waals surface area (Å²) in [6.45, 7) is 4.15. The van der Waals surface area contributed by atoms with Crippen LogP contribution in [0.5, 0.6) is 0 Å². The van der Waals surface area contributed by atoms with E-state index in [1.54, 1.807) is 18.7 Å². The van der Waals surface area contributed by atoms with Crippen molar-refractivity contribution in [2.24, 2.45) is 5.73 Å². The van der Waals surface area contributed by atoms with E-state index in [4.69, 9.17) is 5.73 Å². The molecule has 2 heterocycles. The largest absolute Gasteiger partial charge is 0.324 e. The first-order valence-electron chi connectivity index (χ1n) is 5.82. The molecular formula is C12H16BrN5. The lowest BCUT2D eigenvalue weighted by molar-refractivity contribution is 0.493. The van der Waals surface area contributed by atoms with Gasteiger partial charge in [-0.05, 0) is 41.4 Å². The number of halogens is 1. The molecule has 2 rings (SSSR count). The minimum Gasteiger partial charge on any atom is -0.324 e. The summed E-state index contributed by atoms with van der Waals surface area (Å²) in [4.78, 5) is 8.39. The summed E-state index contributed by atoms with van der Waals surface area (Å²) in [6.07, 6.45) is 5.75. The van der Waals surface area contributed by atoms with Crippen molar-refractivity contribution in [2.75, 3.05) is 0 Å². The Labute approximate surface area is 115 Å². The van der Waals surface area contributed by atoms with Gasteiger partial charge in [0.1, 0.15) is 12.2 Å². The Hall–Kier alpha value is -1.27. The molecule has 96 valence electrons. The summed E-state index contributed by atoms with van der Waals surface area (Å²) in [7, 11) is 0. The predicted molar refractivity (Wildman–Crippen MR) is 73.0 cm³/mol. The Morgan fingerprint density at radius 3 is 2.83 bits per heavy atom. The second-order valence-corrected chi connectivity index (χ2v) is 5.38. The Balaban J connectivity index is 2.16. The van der Waals surface area contributed by atoms with Crippen LogP contribution in [0, 0.1) is 0 Å². The van der Waals surface area contributed by atoms with Crippen LogP contribution in [0.3, 0.4) is 0 Å². The zero-order chi connectivity index (χ0) is 13.1. The molecule has 0 aliphatic carbocycles. The van der Waals surface area contributed by atoms with E-state index in [-0.39, 0.29) is 12.1 Å². The monoisotopic (exact) mass is 309 g/mol. The third-order valence-corrected chi connectivity index (χ3v) is 3.13. The Morgan fingerprint density at radius 2 is 2.17 bits per heavy atom. The minimum atomic E-state index is -0.128. The lowest BCUT2D eigenvalue weighted by atomic mass is 10.1. The molecule has 0 fully saturated rings. The van der Waals surface area contributed by atoms with Crippen molar-refractivity contribution in [3.8, 4) is 0 Å². The quantitative estimate of drug-likeness (QED) is 0.940. The van der Waals surface area contributed by atoms with Crippen LogP contribution in [0.4, 0.5) is 0 Å². The molecule has 18 heavy (non-hydrogen) atoms. The van der Waals surface area contributed by atoms with Crippen LogP contribution in [0.25, 0.3) is 0 Å². The van der Waals surface area contributed by atoms with Crippen LogP contribution in [0.1, 0.15) is 37.3 Å². The normalized spacial score (nSPS) is 12.9. The Morgan fingerprint density at radius 1 is 1.39 bits per heavy atom. The molecule has 0 aliphatic heterocycles. The van der Waals surface area contributed by atoms with Crippen LogP contribution in [0.2, 0.25) is 0 Å². The van der Waals surface area contributed by atoms with Gasteiger partial charge in [0.05, 0.1) is 0 Å². The van der Waals surface area contributed by atoms with Gasteiger partial charge in [0.25, 0.3) is 0 Å². The standard InChI is InChI=1S/C12H16BrN5/c1-8(2)18-12(16-7-17-18)4-11(14)9-3-10(13)6-15-5-9/h3,5-8,11H,4,14H2,1-2H3.